The quantitative estimate of drug-likeness (QED) is 0.0231. The van der Waals surface area contributed by atoms with Crippen molar-refractivity contribution >= 4 is 25.9 Å². The van der Waals surface area contributed by atoms with Crippen LogP contribution in [-0.2, 0) is 37.4 Å². The Morgan fingerprint density at radius 1 is 0.517 bits per heavy atom. The van der Waals surface area contributed by atoms with Crippen LogP contribution >= 0.6 is 7.82 Å². The van der Waals surface area contributed by atoms with Gasteiger partial charge in [0.2, 0.25) is 0 Å². The smallest absolute Gasteiger partial charge is 0.462 e. The maximum atomic E-state index is 12.7. The fourth-order valence-electron chi connectivity index (χ4n) is 6.62. The highest BCUT2D eigenvalue weighted by molar-refractivity contribution is 7.47. The molecule has 0 radical (unpaired) electrons. The van der Waals surface area contributed by atoms with Gasteiger partial charge in [0.05, 0.1) is 19.8 Å². The Labute approximate surface area is 355 Å². The minimum Gasteiger partial charge on any atom is -0.462 e. The predicted octanol–water partition coefficient (Wildman–Crippen LogP) is 12.5. The van der Waals surface area contributed by atoms with E-state index in [9.17, 15) is 23.8 Å². The van der Waals surface area contributed by atoms with Gasteiger partial charge >= 0.3 is 25.9 Å². The van der Waals surface area contributed by atoms with Crippen LogP contribution in [0.2, 0.25) is 0 Å². The first kappa shape index (κ1) is 58.4. The second-order valence-electron chi connectivity index (χ2n) is 15.6. The summed E-state index contributed by atoms with van der Waals surface area (Å²) in [5.41, 5.74) is 0. The summed E-state index contributed by atoms with van der Waals surface area (Å²) in [6.45, 7) is 2.66. The Bertz CT molecular complexity index is 971. The van der Waals surface area contributed by atoms with Crippen molar-refractivity contribution in [2.24, 2.45) is 0 Å². The molecule has 58 heavy (non-hydrogen) atoms. The van der Waals surface area contributed by atoms with E-state index in [1.165, 1.54) is 141 Å². The maximum absolute atomic E-state index is 12.7. The Morgan fingerprint density at radius 3 is 1.29 bits per heavy atom. The van der Waals surface area contributed by atoms with E-state index < -0.39 is 38.6 Å². The number of hydrogen-bond donors (Lipinski definition) is 3. The van der Waals surface area contributed by atoms with Crippen LogP contribution in [0.3, 0.4) is 0 Å². The Kier molecular flexibility index (Phi) is 45.1. The van der Waals surface area contributed by atoms with Gasteiger partial charge in [-0.3, -0.25) is 18.6 Å². The van der Waals surface area contributed by atoms with Gasteiger partial charge in [-0.1, -0.05) is 201 Å². The van der Waals surface area contributed by atoms with Crippen molar-refractivity contribution in [3.05, 3.63) is 0 Å². The molecule has 346 valence electrons. The second-order valence-corrected chi connectivity index (χ2v) is 17.0. The van der Waals surface area contributed by atoms with Gasteiger partial charge in [-0.05, 0) is 12.8 Å². The van der Waals surface area contributed by atoms with Crippen LogP contribution in [0, 0.1) is 0 Å². The van der Waals surface area contributed by atoms with Crippen molar-refractivity contribution in [3.8, 4) is 0 Å². The summed E-state index contributed by atoms with van der Waals surface area (Å²) in [6.07, 6.45) is 35.3. The SMILES string of the molecule is C.CCCCCCCCCCCCCCCCCC(=O)OC[C@H](COP(=O)(O)OCCNC(=O)OCCO)OC(=O)CCCCCCCCCCCCCCCCC. The molecule has 0 aromatic heterocycles. The van der Waals surface area contributed by atoms with E-state index in [1.54, 1.807) is 0 Å². The Balaban J connectivity index is 0. The second kappa shape index (κ2) is 44.8. The minimum absolute atomic E-state index is 0. The number of aliphatic hydroxyl groups excluding tert-OH is 1. The molecule has 13 heteroatoms. The van der Waals surface area contributed by atoms with Crippen LogP contribution in [-0.4, -0.2) is 73.7 Å². The largest absolute Gasteiger partial charge is 0.472 e. The normalized spacial score (nSPS) is 12.7. The summed E-state index contributed by atoms with van der Waals surface area (Å²) in [5, 5.41) is 11.0. The van der Waals surface area contributed by atoms with Crippen LogP contribution in [0.5, 0.6) is 0 Å². The monoisotopic (exact) mass is 852 g/mol. The third kappa shape index (κ3) is 43.8. The molecule has 0 aliphatic heterocycles. The number of alkyl carbamates (subject to hydrolysis) is 1. The number of rotatable bonds is 44. The molecule has 0 spiro atoms. The van der Waals surface area contributed by atoms with E-state index in [0.717, 1.165) is 38.5 Å². The van der Waals surface area contributed by atoms with E-state index in [0.29, 0.717) is 12.8 Å². The summed E-state index contributed by atoms with van der Waals surface area (Å²) < 4.78 is 37.9. The molecule has 1 amide bonds. The number of carbonyl (C=O) groups excluding carboxylic acids is 3. The van der Waals surface area contributed by atoms with E-state index in [4.69, 9.17) is 23.6 Å². The van der Waals surface area contributed by atoms with E-state index in [1.807, 2.05) is 0 Å². The van der Waals surface area contributed by atoms with Gasteiger partial charge in [-0.15, -0.1) is 0 Å². The number of phosphoric ester groups is 1. The molecule has 0 aromatic rings. The molecule has 0 aliphatic rings. The molecule has 0 bridgehead atoms. The predicted molar refractivity (Wildman–Crippen MR) is 235 cm³/mol. The van der Waals surface area contributed by atoms with Crippen LogP contribution in [0.1, 0.15) is 227 Å². The zero-order valence-corrected chi connectivity index (χ0v) is 37.4. The molecule has 2 atom stereocenters. The molecular formula is C45H90NO11P. The molecule has 12 nitrogen and oxygen atoms in total. The first-order valence-electron chi connectivity index (χ1n) is 23.2. The van der Waals surface area contributed by atoms with Gasteiger partial charge in [-0.2, -0.15) is 0 Å². The molecule has 3 N–H and O–H groups in total. The molecule has 0 heterocycles. The number of esters is 2. The van der Waals surface area contributed by atoms with Gasteiger partial charge in [-0.25, -0.2) is 9.36 Å². The summed E-state index contributed by atoms with van der Waals surface area (Å²) in [5.74, 6) is -0.910. The lowest BCUT2D eigenvalue weighted by atomic mass is 10.0. The van der Waals surface area contributed by atoms with Crippen LogP contribution in [0.25, 0.3) is 0 Å². The average Bonchev–Trinajstić information content (AvgIpc) is 3.19. The highest BCUT2D eigenvalue weighted by atomic mass is 31.2. The van der Waals surface area contributed by atoms with Crippen LogP contribution in [0.4, 0.5) is 4.79 Å². The van der Waals surface area contributed by atoms with Gasteiger partial charge in [0.1, 0.15) is 13.2 Å². The molecule has 0 aromatic carbocycles. The number of phosphoric acid groups is 1. The maximum Gasteiger partial charge on any atom is 0.472 e. The fourth-order valence-corrected chi connectivity index (χ4v) is 7.37. The van der Waals surface area contributed by atoms with E-state index >= 15 is 0 Å². The third-order valence-electron chi connectivity index (χ3n) is 10.1. The molecular weight excluding hydrogens is 761 g/mol. The lowest BCUT2D eigenvalue weighted by molar-refractivity contribution is -0.161. The molecule has 0 fully saturated rings. The summed E-state index contributed by atoms with van der Waals surface area (Å²) in [4.78, 5) is 46.8. The Hall–Kier alpha value is -1.72. The molecule has 0 saturated carbocycles. The summed E-state index contributed by atoms with van der Waals surface area (Å²) >= 11 is 0. The number of aliphatic hydroxyl groups is 1. The number of hydrogen-bond acceptors (Lipinski definition) is 10. The van der Waals surface area contributed by atoms with Crippen molar-refractivity contribution in [3.63, 3.8) is 0 Å². The number of unbranched alkanes of at least 4 members (excludes halogenated alkanes) is 28. The fraction of sp³-hybridized carbons (Fsp3) is 0.933. The van der Waals surface area contributed by atoms with Crippen molar-refractivity contribution in [1.82, 2.24) is 5.32 Å². The van der Waals surface area contributed by atoms with E-state index in [2.05, 4.69) is 23.9 Å². The first-order valence-corrected chi connectivity index (χ1v) is 24.7. The zero-order chi connectivity index (χ0) is 41.9. The lowest BCUT2D eigenvalue weighted by Gasteiger charge is -2.20. The topological polar surface area (TPSA) is 167 Å². The van der Waals surface area contributed by atoms with Crippen molar-refractivity contribution < 1.29 is 52.2 Å². The summed E-state index contributed by atoms with van der Waals surface area (Å²) in [7, 11) is -4.58. The van der Waals surface area contributed by atoms with Gasteiger partial charge in [0.15, 0.2) is 6.10 Å². The number of nitrogens with one attached hydrogen (secondary N) is 1. The standard InChI is InChI=1S/C44H86NO11P.CH4/c1-3-5-7-9-11-13-15-17-19-21-23-25-27-29-31-33-42(47)53-39-41(40-55-57(50,51)54-37-35-45-44(49)52-38-36-46)56-43(48)34-32-30-28-26-24-22-20-18-16-14-12-10-8-6-4-2;/h41,46H,3-40H2,1-2H3,(H,45,49)(H,50,51);1H4/t41-;/m1./s1. The summed E-state index contributed by atoms with van der Waals surface area (Å²) in [6, 6.07) is 0. The Morgan fingerprint density at radius 2 is 0.897 bits per heavy atom. The highest BCUT2D eigenvalue weighted by Crippen LogP contribution is 2.43. The van der Waals surface area contributed by atoms with Crippen molar-refractivity contribution in [1.29, 1.82) is 0 Å². The average molecular weight is 852 g/mol. The number of amides is 1. The van der Waals surface area contributed by atoms with Gasteiger partial charge in [0, 0.05) is 19.4 Å². The zero-order valence-electron chi connectivity index (χ0n) is 36.5. The number of ether oxygens (including phenoxy) is 3. The molecule has 0 saturated heterocycles. The molecule has 0 rings (SSSR count). The highest BCUT2D eigenvalue weighted by Gasteiger charge is 2.26. The third-order valence-corrected chi connectivity index (χ3v) is 11.1. The van der Waals surface area contributed by atoms with Crippen molar-refractivity contribution in [2.45, 2.75) is 233 Å². The number of carbonyl (C=O) groups is 3. The van der Waals surface area contributed by atoms with Crippen LogP contribution in [0.15, 0.2) is 0 Å². The van der Waals surface area contributed by atoms with Gasteiger partial charge in [0.25, 0.3) is 0 Å². The van der Waals surface area contributed by atoms with Crippen molar-refractivity contribution in [2.75, 3.05) is 39.6 Å². The van der Waals surface area contributed by atoms with E-state index in [-0.39, 0.29) is 53.2 Å². The van der Waals surface area contributed by atoms with Gasteiger partial charge < -0.3 is 29.5 Å². The van der Waals surface area contributed by atoms with Crippen LogP contribution < -0.4 is 5.32 Å². The first-order chi connectivity index (χ1) is 27.7. The minimum atomic E-state index is -4.58. The molecule has 0 aliphatic carbocycles. The lowest BCUT2D eigenvalue weighted by Crippen LogP contribution is -2.30. The molecule has 1 unspecified atom stereocenters.